The minimum atomic E-state index is -1.44. The van der Waals surface area contributed by atoms with Crippen molar-refractivity contribution >= 4 is 12.3 Å². The normalized spacial score (nSPS) is 15.0. The van der Waals surface area contributed by atoms with Gasteiger partial charge in [-0.25, -0.2) is 4.99 Å². The van der Waals surface area contributed by atoms with Gasteiger partial charge in [-0.1, -0.05) is 64.7 Å². The van der Waals surface area contributed by atoms with Gasteiger partial charge in [-0.15, -0.1) is 0 Å². The number of carboxylic acid groups (broad SMARTS) is 1. The molecule has 1 unspecified atom stereocenters. The maximum Gasteiger partial charge on any atom is 1.00 e. The van der Waals surface area contributed by atoms with E-state index in [1.807, 2.05) is 6.34 Å². The molecule has 5 N–H and O–H groups in total. The van der Waals surface area contributed by atoms with Gasteiger partial charge in [0.1, 0.15) is 6.54 Å². The fraction of sp³-hybridized carbons (Fsp3) is 0.889. The first-order valence-electron chi connectivity index (χ1n) is 9.40. The summed E-state index contributed by atoms with van der Waals surface area (Å²) in [5.74, 6) is -1.06. The molecule has 0 aromatic carbocycles. The average Bonchev–Trinajstić information content (AvgIpc) is 3.12. The van der Waals surface area contributed by atoms with Crippen LogP contribution in [0.2, 0.25) is 0 Å². The zero-order chi connectivity index (χ0) is 18.1. The van der Waals surface area contributed by atoms with E-state index in [1.54, 1.807) is 0 Å². The molecule has 0 spiro atoms. The van der Waals surface area contributed by atoms with Crippen LogP contribution in [-0.4, -0.2) is 52.9 Å². The van der Waals surface area contributed by atoms with E-state index in [-0.39, 0.29) is 36.0 Å². The van der Waals surface area contributed by atoms with E-state index in [9.17, 15) is 9.90 Å². The number of unbranched alkanes of at least 4 members (excludes halogenated alkanes) is 8. The summed E-state index contributed by atoms with van der Waals surface area (Å²) in [7, 11) is 0. The van der Waals surface area contributed by atoms with Gasteiger partial charge in [-0.2, -0.15) is 0 Å². The summed E-state index contributed by atoms with van der Waals surface area (Å²) in [6.07, 6.45) is 12.4. The third-order valence-corrected chi connectivity index (χ3v) is 4.16. The largest absolute Gasteiger partial charge is 1.00 e. The number of hydrogen-bond donors (Lipinski definition) is 4. The predicted molar refractivity (Wildman–Crippen MR) is 96.3 cm³/mol. The summed E-state index contributed by atoms with van der Waals surface area (Å²) in [4.78, 5) is 14.5. The number of aliphatic hydroxyl groups excluding tert-OH is 1. The Balaban J connectivity index is 0. The Kier molecular flexibility index (Phi) is 20.5. The van der Waals surface area contributed by atoms with Crippen LogP contribution in [0.1, 0.15) is 77.6 Å². The Labute approximate surface area is 174 Å². The number of nitrogens with two attached hydrogens (primary N) is 1. The van der Waals surface area contributed by atoms with Crippen molar-refractivity contribution in [2.75, 3.05) is 19.7 Å². The average molecular weight is 368 g/mol. The molecule has 0 aromatic rings. The first-order valence-corrected chi connectivity index (χ1v) is 9.40. The maximum absolute atomic E-state index is 10.6. The van der Waals surface area contributed by atoms with Crippen molar-refractivity contribution in [1.29, 1.82) is 0 Å². The van der Waals surface area contributed by atoms with Crippen LogP contribution in [0, 0.1) is 0 Å². The Morgan fingerprint density at radius 3 is 2.04 bits per heavy atom. The number of aliphatic carboxylic acids is 1. The van der Waals surface area contributed by atoms with Crippen molar-refractivity contribution in [3.05, 3.63) is 0 Å². The quantitative estimate of drug-likeness (QED) is 0.239. The molecule has 0 bridgehead atoms. The Morgan fingerprint density at radius 1 is 1.12 bits per heavy atom. The summed E-state index contributed by atoms with van der Waals surface area (Å²) in [6, 6.07) is 0. The van der Waals surface area contributed by atoms with E-state index in [2.05, 4.69) is 17.2 Å². The summed E-state index contributed by atoms with van der Waals surface area (Å²) >= 11 is 0. The maximum atomic E-state index is 10.6. The monoisotopic (exact) mass is 368 g/mol. The first kappa shape index (κ1) is 27.2. The molecule has 7 heteroatoms. The Morgan fingerprint density at radius 2 is 1.68 bits per heavy atom. The minimum absolute atomic E-state index is 0. The van der Waals surface area contributed by atoms with Crippen molar-refractivity contribution in [2.24, 2.45) is 4.99 Å². The molecule has 0 saturated carbocycles. The molecule has 1 aliphatic heterocycles. The van der Waals surface area contributed by atoms with Gasteiger partial charge in [0.05, 0.1) is 25.2 Å². The SMILES string of the molecule is C1=NCC[NH2+]1.CCCCCCCCCCCC(O)(CO)CC(=O)O.[Na+]. The van der Waals surface area contributed by atoms with Crippen molar-refractivity contribution < 1.29 is 55.0 Å². The number of hydrogen-bond acceptors (Lipinski definition) is 4. The van der Waals surface area contributed by atoms with Crippen LogP contribution >= 0.6 is 0 Å². The van der Waals surface area contributed by atoms with Crippen molar-refractivity contribution in [1.82, 2.24) is 0 Å². The van der Waals surface area contributed by atoms with Crippen LogP contribution in [0.4, 0.5) is 0 Å². The van der Waals surface area contributed by atoms with Gasteiger partial charge in [0.25, 0.3) is 0 Å². The number of carboxylic acids is 1. The molecule has 25 heavy (non-hydrogen) atoms. The predicted octanol–water partition coefficient (Wildman–Crippen LogP) is -1.30. The molecular formula is C18H37N2NaO4+2. The minimum Gasteiger partial charge on any atom is -0.481 e. The fourth-order valence-electron chi connectivity index (χ4n) is 2.64. The van der Waals surface area contributed by atoms with Gasteiger partial charge < -0.3 is 20.6 Å². The molecule has 6 nitrogen and oxygen atoms in total. The van der Waals surface area contributed by atoms with E-state index in [4.69, 9.17) is 10.2 Å². The molecular weight excluding hydrogens is 331 g/mol. The summed E-state index contributed by atoms with van der Waals surface area (Å²) < 4.78 is 0. The summed E-state index contributed by atoms with van der Waals surface area (Å²) in [6.45, 7) is 3.90. The molecule has 1 rings (SSSR count). The van der Waals surface area contributed by atoms with E-state index in [0.29, 0.717) is 6.42 Å². The third kappa shape index (κ3) is 18.6. The van der Waals surface area contributed by atoms with Gasteiger partial charge >= 0.3 is 35.5 Å². The zero-order valence-corrected chi connectivity index (χ0v) is 18.3. The van der Waals surface area contributed by atoms with Gasteiger partial charge in [-0.05, 0) is 6.42 Å². The zero-order valence-electron chi connectivity index (χ0n) is 16.3. The number of carbonyl (C=O) groups is 1. The molecule has 1 heterocycles. The van der Waals surface area contributed by atoms with Crippen molar-refractivity contribution in [2.45, 2.75) is 83.2 Å². The summed E-state index contributed by atoms with van der Waals surface area (Å²) in [5, 5.41) is 29.6. The molecule has 0 fully saturated rings. The topological polar surface area (TPSA) is 107 Å². The molecule has 0 amide bonds. The van der Waals surface area contributed by atoms with Gasteiger partial charge in [0.2, 0.25) is 0 Å². The van der Waals surface area contributed by atoms with Gasteiger partial charge in [0.15, 0.2) is 6.34 Å². The molecule has 1 aliphatic rings. The Hall–Kier alpha value is 0.0200. The smallest absolute Gasteiger partial charge is 0.481 e. The van der Waals surface area contributed by atoms with Crippen molar-refractivity contribution in [3.8, 4) is 0 Å². The van der Waals surface area contributed by atoms with Crippen LogP contribution in [0.15, 0.2) is 4.99 Å². The van der Waals surface area contributed by atoms with Crippen molar-refractivity contribution in [3.63, 3.8) is 0 Å². The van der Waals surface area contributed by atoms with Gasteiger partial charge in [-0.3, -0.25) is 4.79 Å². The number of aliphatic imine (C=N–C) groups is 1. The molecule has 142 valence electrons. The van der Waals surface area contributed by atoms with E-state index < -0.39 is 18.2 Å². The fourth-order valence-corrected chi connectivity index (χ4v) is 2.64. The molecule has 0 radical (unpaired) electrons. The second-order valence-electron chi connectivity index (χ2n) is 6.61. The number of quaternary nitrogens is 1. The molecule has 1 atom stereocenters. The second kappa shape index (κ2) is 18.8. The molecule has 0 aliphatic carbocycles. The number of rotatable bonds is 13. The standard InChI is InChI=1S/C15H30O4.C3H6N2.Na/c1-2-3-4-5-6-7-8-9-10-11-15(19,13-16)12-14(17)18;1-2-5-3-4-1;/h16,19H,2-13H2,1H3,(H,17,18);3H,1-2H2,(H,4,5);/q;;+1/p+1. The first-order chi connectivity index (χ1) is 11.5. The van der Waals surface area contributed by atoms with Crippen LogP contribution in [0.5, 0.6) is 0 Å². The molecule has 0 aromatic heterocycles. The van der Waals surface area contributed by atoms with Crippen LogP contribution in [0.3, 0.4) is 0 Å². The van der Waals surface area contributed by atoms with E-state index in [0.717, 1.165) is 32.4 Å². The van der Waals surface area contributed by atoms with Gasteiger partial charge in [0, 0.05) is 0 Å². The summed E-state index contributed by atoms with van der Waals surface area (Å²) in [5.41, 5.74) is -1.44. The van der Waals surface area contributed by atoms with E-state index >= 15 is 0 Å². The molecule has 0 saturated heterocycles. The second-order valence-corrected chi connectivity index (χ2v) is 6.61. The van der Waals surface area contributed by atoms with Crippen LogP contribution in [-0.2, 0) is 4.79 Å². The third-order valence-electron chi connectivity index (χ3n) is 4.16. The van der Waals surface area contributed by atoms with Crippen LogP contribution in [0.25, 0.3) is 0 Å². The number of nitrogens with zero attached hydrogens (tertiary/aromatic N) is 1. The number of aliphatic hydroxyl groups is 2. The Bertz CT molecular complexity index is 337. The van der Waals surface area contributed by atoms with Crippen LogP contribution < -0.4 is 34.9 Å². The van der Waals surface area contributed by atoms with E-state index in [1.165, 1.54) is 38.5 Å².